The lowest BCUT2D eigenvalue weighted by Gasteiger charge is -2.19. The Labute approximate surface area is 260 Å². The fourth-order valence-corrected chi connectivity index (χ4v) is 4.32. The Kier molecular flexibility index (Phi) is 7.50. The van der Waals surface area contributed by atoms with Crippen LogP contribution in [0.3, 0.4) is 0 Å². The first-order valence-corrected chi connectivity index (χ1v) is 12.7. The minimum Gasteiger partial charge on any atom is -0.508 e. The van der Waals surface area contributed by atoms with Crippen LogP contribution >= 0.6 is 0 Å². The van der Waals surface area contributed by atoms with Gasteiger partial charge in [-0.3, -0.25) is 0 Å². The molecule has 0 radical (unpaired) electrons. The molecule has 0 spiro atoms. The number of phenols is 14. The Morgan fingerprint density at radius 3 is 1.30 bits per heavy atom. The van der Waals surface area contributed by atoms with Crippen LogP contribution in [0.15, 0.2) is 48.5 Å². The lowest BCUT2D eigenvalue weighted by Crippen LogP contribution is -1.95. The summed E-state index contributed by atoms with van der Waals surface area (Å²) in [4.78, 5) is 0. The lowest BCUT2D eigenvalue weighted by molar-refractivity contribution is 0.323. The van der Waals surface area contributed by atoms with Gasteiger partial charge in [0.2, 0.25) is 34.5 Å². The molecule has 5 aromatic rings. The third-order valence-electron chi connectivity index (χ3n) is 6.44. The molecule has 0 amide bonds. The van der Waals surface area contributed by atoms with Crippen LogP contribution in [-0.4, -0.2) is 71.5 Å². The van der Waals surface area contributed by atoms with Crippen LogP contribution in [0.4, 0.5) is 0 Å². The van der Waals surface area contributed by atoms with Crippen molar-refractivity contribution in [2.75, 3.05) is 0 Å². The number of aromatic hydroxyl groups is 14. The van der Waals surface area contributed by atoms with Crippen LogP contribution in [-0.2, 0) is 0 Å². The van der Waals surface area contributed by atoms with Gasteiger partial charge in [-0.2, -0.15) is 0 Å². The first-order chi connectivity index (χ1) is 22.1. The van der Waals surface area contributed by atoms with Crippen molar-refractivity contribution in [2.24, 2.45) is 0 Å². The fourth-order valence-electron chi connectivity index (χ4n) is 4.32. The number of rotatable bonds is 7. The molecule has 0 bridgehead atoms. The first-order valence-electron chi connectivity index (χ1n) is 12.7. The van der Waals surface area contributed by atoms with Gasteiger partial charge < -0.3 is 85.7 Å². The second-order valence-corrected chi connectivity index (χ2v) is 9.65. The second kappa shape index (κ2) is 11.3. The fraction of sp³-hybridized carbons (Fsp3) is 0. The van der Waals surface area contributed by atoms with E-state index in [0.29, 0.717) is 12.1 Å². The average Bonchev–Trinajstić information content (AvgIpc) is 2.97. The summed E-state index contributed by atoms with van der Waals surface area (Å²) < 4.78 is 16.2. The van der Waals surface area contributed by atoms with E-state index in [4.69, 9.17) is 14.2 Å². The molecule has 17 heteroatoms. The number of benzene rings is 5. The van der Waals surface area contributed by atoms with Gasteiger partial charge >= 0.3 is 0 Å². The summed E-state index contributed by atoms with van der Waals surface area (Å²) >= 11 is 0. The quantitative estimate of drug-likeness (QED) is 0.106. The zero-order valence-corrected chi connectivity index (χ0v) is 23.1. The topological polar surface area (TPSA) is 311 Å². The highest BCUT2D eigenvalue weighted by Gasteiger charge is 2.29. The van der Waals surface area contributed by atoms with E-state index in [9.17, 15) is 71.5 Å². The molecule has 5 aromatic carbocycles. The molecule has 244 valence electrons. The monoisotopic (exact) mass is 654 g/mol. The maximum absolute atomic E-state index is 11.0. The zero-order chi connectivity index (χ0) is 34.5. The molecule has 0 aromatic heterocycles. The van der Waals surface area contributed by atoms with Gasteiger partial charge in [-0.15, -0.1) is 0 Å². The Balaban J connectivity index is 1.56. The van der Waals surface area contributed by atoms with Crippen molar-refractivity contribution in [3.8, 4) is 126 Å². The first kappa shape index (κ1) is 31.1. The number of ether oxygens (including phenoxy) is 3. The summed E-state index contributed by atoms with van der Waals surface area (Å²) in [5, 5.41) is 143. The molecular weight excluding hydrogens is 632 g/mol. The minimum atomic E-state index is -1.19. The third-order valence-corrected chi connectivity index (χ3v) is 6.44. The van der Waals surface area contributed by atoms with E-state index < -0.39 is 120 Å². The van der Waals surface area contributed by atoms with Crippen molar-refractivity contribution in [1.29, 1.82) is 0 Å². The molecular formula is C30H22O17. The highest BCUT2D eigenvalue weighted by molar-refractivity contribution is 5.88. The normalized spacial score (nSPS) is 10.9. The zero-order valence-electron chi connectivity index (χ0n) is 23.1. The van der Waals surface area contributed by atoms with E-state index in [1.807, 2.05) is 0 Å². The largest absolute Gasteiger partial charge is 0.508 e. The lowest BCUT2D eigenvalue weighted by atomic mass is 10.00. The summed E-state index contributed by atoms with van der Waals surface area (Å²) in [5.74, 6) is -16.6. The van der Waals surface area contributed by atoms with Gasteiger partial charge in [0.25, 0.3) is 0 Å². The van der Waals surface area contributed by atoms with Crippen LogP contribution in [0.25, 0.3) is 11.1 Å². The molecule has 17 nitrogen and oxygen atoms in total. The maximum Gasteiger partial charge on any atom is 0.215 e. The second-order valence-electron chi connectivity index (χ2n) is 9.65. The van der Waals surface area contributed by atoms with Gasteiger partial charge in [0.05, 0.1) is 11.1 Å². The molecule has 0 aliphatic heterocycles. The predicted molar refractivity (Wildman–Crippen MR) is 155 cm³/mol. The van der Waals surface area contributed by atoms with Crippen LogP contribution in [0.5, 0.6) is 115 Å². The van der Waals surface area contributed by atoms with E-state index in [1.165, 1.54) is 0 Å². The molecule has 5 rings (SSSR count). The summed E-state index contributed by atoms with van der Waals surface area (Å²) in [7, 11) is 0. The number of phenolic OH excluding ortho intramolecular Hbond substituents is 14. The summed E-state index contributed by atoms with van der Waals surface area (Å²) in [6, 6.07) is 6.13. The molecule has 0 aliphatic carbocycles. The molecule has 0 saturated carbocycles. The van der Waals surface area contributed by atoms with Crippen LogP contribution < -0.4 is 14.2 Å². The molecule has 0 saturated heterocycles. The Hall–Kier alpha value is -7.30. The smallest absolute Gasteiger partial charge is 0.215 e. The van der Waals surface area contributed by atoms with E-state index in [2.05, 4.69) is 0 Å². The number of hydrogen-bond donors (Lipinski definition) is 14. The molecule has 0 heterocycles. The SMILES string of the molecule is Oc1cc(O)c(-c2c(O)cc(O)c(Oc3cc(O)c(O)c(O)c3Oc3cc(O)c(Oc4cc(O)c(O)c(O)c4)c(O)c3)c2O)c(O)c1. The van der Waals surface area contributed by atoms with Gasteiger partial charge in [-0.1, -0.05) is 0 Å². The van der Waals surface area contributed by atoms with Gasteiger partial charge in [0, 0.05) is 48.5 Å². The Morgan fingerprint density at radius 2 is 0.745 bits per heavy atom. The molecule has 0 fully saturated rings. The van der Waals surface area contributed by atoms with E-state index in [-0.39, 0.29) is 5.75 Å². The average molecular weight is 654 g/mol. The van der Waals surface area contributed by atoms with Crippen LogP contribution in [0, 0.1) is 0 Å². The standard InChI is InChI=1S/C30H22O17/c31-9-1-12(32)22(13(33)2-9)23-14(34)7-20(40)29(26(23)43)47-21-8-17(37)25(42)27(44)30(21)46-11-5-18(38)28(19(39)6-11)45-10-3-15(35)24(41)16(36)4-10/h1-8,31-44H. The summed E-state index contributed by atoms with van der Waals surface area (Å²) in [6.45, 7) is 0. The molecule has 0 aliphatic rings. The van der Waals surface area contributed by atoms with Crippen molar-refractivity contribution in [3.63, 3.8) is 0 Å². The highest BCUT2D eigenvalue weighted by Crippen LogP contribution is 2.58. The van der Waals surface area contributed by atoms with Crippen molar-refractivity contribution in [2.45, 2.75) is 0 Å². The minimum absolute atomic E-state index is 0.337. The maximum atomic E-state index is 11.0. The van der Waals surface area contributed by atoms with Crippen molar-refractivity contribution in [3.05, 3.63) is 48.5 Å². The van der Waals surface area contributed by atoms with Crippen molar-refractivity contribution >= 4 is 0 Å². The molecule has 0 atom stereocenters. The van der Waals surface area contributed by atoms with Crippen LogP contribution in [0.2, 0.25) is 0 Å². The van der Waals surface area contributed by atoms with E-state index in [0.717, 1.165) is 36.4 Å². The molecule has 0 unspecified atom stereocenters. The molecule has 47 heavy (non-hydrogen) atoms. The van der Waals surface area contributed by atoms with E-state index >= 15 is 0 Å². The predicted octanol–water partition coefficient (Wildman–Crippen LogP) is 4.61. The number of hydrogen-bond acceptors (Lipinski definition) is 17. The van der Waals surface area contributed by atoms with Crippen LogP contribution in [0.1, 0.15) is 0 Å². The third kappa shape index (κ3) is 5.57. The summed E-state index contributed by atoms with van der Waals surface area (Å²) in [6.07, 6.45) is 0. The van der Waals surface area contributed by atoms with Crippen molar-refractivity contribution in [1.82, 2.24) is 0 Å². The van der Waals surface area contributed by atoms with Gasteiger partial charge in [0.15, 0.2) is 46.0 Å². The highest BCUT2D eigenvalue weighted by atomic mass is 16.5. The van der Waals surface area contributed by atoms with E-state index in [1.54, 1.807) is 0 Å². The van der Waals surface area contributed by atoms with Gasteiger partial charge in [0.1, 0.15) is 34.5 Å². The van der Waals surface area contributed by atoms with Gasteiger partial charge in [-0.25, -0.2) is 0 Å². The molecule has 14 N–H and O–H groups in total. The summed E-state index contributed by atoms with van der Waals surface area (Å²) in [5.41, 5.74) is -1.32. The van der Waals surface area contributed by atoms with Crippen molar-refractivity contribution < 1.29 is 85.7 Å². The van der Waals surface area contributed by atoms with Gasteiger partial charge in [-0.05, 0) is 0 Å². The Bertz CT molecular complexity index is 2000. The Morgan fingerprint density at radius 1 is 0.298 bits per heavy atom.